The van der Waals surface area contributed by atoms with Gasteiger partial charge in [0.15, 0.2) is 0 Å². The Hall–Kier alpha value is -1.30. The van der Waals surface area contributed by atoms with E-state index in [1.54, 1.807) is 23.1 Å². The van der Waals surface area contributed by atoms with E-state index >= 15 is 0 Å². The Morgan fingerprint density at radius 1 is 1.27 bits per heavy atom. The van der Waals surface area contributed by atoms with Crippen LogP contribution in [0.15, 0.2) is 46.0 Å². The molecule has 0 saturated carbocycles. The molecule has 0 unspecified atom stereocenters. The number of thioether (sulfide) groups is 1. The Morgan fingerprint density at radius 2 is 2.08 bits per heavy atom. The summed E-state index contributed by atoms with van der Waals surface area (Å²) >= 11 is 3.45. The first-order valence-electron chi connectivity index (χ1n) is 9.46. The highest BCUT2D eigenvalue weighted by Gasteiger charge is 2.15. The van der Waals surface area contributed by atoms with Crippen LogP contribution in [-0.2, 0) is 5.75 Å². The van der Waals surface area contributed by atoms with E-state index < -0.39 is 0 Å². The number of likely N-dealkylation sites (tertiary alicyclic amines) is 1. The fourth-order valence-corrected chi connectivity index (χ4v) is 4.97. The number of amides is 1. The van der Waals surface area contributed by atoms with Crippen LogP contribution in [0.4, 0.5) is 0 Å². The third-order valence-electron chi connectivity index (χ3n) is 4.92. The van der Waals surface area contributed by atoms with Crippen LogP contribution in [0.2, 0.25) is 0 Å². The van der Waals surface area contributed by atoms with Crippen molar-refractivity contribution in [2.24, 2.45) is 5.92 Å². The van der Waals surface area contributed by atoms with Gasteiger partial charge in [0.2, 0.25) is 0 Å². The van der Waals surface area contributed by atoms with E-state index in [4.69, 9.17) is 0 Å². The van der Waals surface area contributed by atoms with Crippen LogP contribution in [0.1, 0.15) is 42.1 Å². The van der Waals surface area contributed by atoms with Gasteiger partial charge in [-0.1, -0.05) is 19.1 Å². The van der Waals surface area contributed by atoms with E-state index in [1.807, 2.05) is 24.3 Å². The minimum atomic E-state index is 0.0469. The van der Waals surface area contributed by atoms with Crippen molar-refractivity contribution in [3.05, 3.63) is 52.2 Å². The summed E-state index contributed by atoms with van der Waals surface area (Å²) in [5.74, 6) is 1.82. The monoisotopic (exact) mass is 388 g/mol. The van der Waals surface area contributed by atoms with Gasteiger partial charge < -0.3 is 10.2 Å². The van der Waals surface area contributed by atoms with E-state index in [-0.39, 0.29) is 5.91 Å². The lowest BCUT2D eigenvalue weighted by atomic mass is 9.99. The predicted molar refractivity (Wildman–Crippen MR) is 112 cm³/mol. The zero-order chi connectivity index (χ0) is 18.2. The first-order chi connectivity index (χ1) is 12.7. The molecule has 1 N–H and O–H groups in total. The Morgan fingerprint density at radius 3 is 2.85 bits per heavy atom. The SMILES string of the molecule is CC1CCN(CCCNC(=O)c2ccccc2SCc2ccsc2)CC1. The Balaban J connectivity index is 1.44. The maximum atomic E-state index is 12.6. The van der Waals surface area contributed by atoms with Crippen LogP contribution in [0, 0.1) is 5.92 Å². The van der Waals surface area contributed by atoms with Crippen LogP contribution in [0.5, 0.6) is 0 Å². The largest absolute Gasteiger partial charge is 0.352 e. The molecule has 2 heterocycles. The van der Waals surface area contributed by atoms with Crippen molar-refractivity contribution in [1.82, 2.24) is 10.2 Å². The number of thiophene rings is 1. The van der Waals surface area contributed by atoms with E-state index in [0.29, 0.717) is 0 Å². The number of carbonyl (C=O) groups is 1. The molecular formula is C21H28N2OS2. The molecule has 2 aromatic rings. The molecule has 0 radical (unpaired) electrons. The van der Waals surface area contributed by atoms with Gasteiger partial charge >= 0.3 is 0 Å². The van der Waals surface area contributed by atoms with E-state index in [1.165, 1.54) is 31.5 Å². The summed E-state index contributed by atoms with van der Waals surface area (Å²) in [6, 6.07) is 10.1. The van der Waals surface area contributed by atoms with Crippen LogP contribution in [0.25, 0.3) is 0 Å². The standard InChI is InChI=1S/C21H28N2OS2/c1-17-7-12-23(13-8-17)11-4-10-22-21(24)19-5-2-3-6-20(19)26-16-18-9-14-25-15-18/h2-3,5-6,9,14-15,17H,4,7-8,10-13,16H2,1H3,(H,22,24). The predicted octanol–water partition coefficient (Wildman–Crippen LogP) is 4.89. The number of nitrogens with one attached hydrogen (secondary N) is 1. The molecule has 1 amide bonds. The number of rotatable bonds is 8. The van der Waals surface area contributed by atoms with Gasteiger partial charge in [0, 0.05) is 17.2 Å². The number of nitrogens with zero attached hydrogens (tertiary/aromatic N) is 1. The van der Waals surface area contributed by atoms with Crippen LogP contribution in [0.3, 0.4) is 0 Å². The van der Waals surface area contributed by atoms with Gasteiger partial charge in [-0.3, -0.25) is 4.79 Å². The minimum absolute atomic E-state index is 0.0469. The van der Waals surface area contributed by atoms with Gasteiger partial charge in [0.05, 0.1) is 5.56 Å². The summed E-state index contributed by atoms with van der Waals surface area (Å²) in [4.78, 5) is 16.2. The molecule has 0 atom stereocenters. The zero-order valence-corrected chi connectivity index (χ0v) is 17.1. The smallest absolute Gasteiger partial charge is 0.252 e. The number of hydrogen-bond donors (Lipinski definition) is 1. The van der Waals surface area contributed by atoms with Gasteiger partial charge in [0.25, 0.3) is 5.91 Å². The molecule has 1 aromatic carbocycles. The maximum Gasteiger partial charge on any atom is 0.252 e. The molecule has 1 saturated heterocycles. The number of hydrogen-bond acceptors (Lipinski definition) is 4. The molecule has 0 bridgehead atoms. The topological polar surface area (TPSA) is 32.3 Å². The van der Waals surface area contributed by atoms with Crippen LogP contribution < -0.4 is 5.32 Å². The number of benzene rings is 1. The maximum absolute atomic E-state index is 12.6. The molecule has 1 fully saturated rings. The van der Waals surface area contributed by atoms with Gasteiger partial charge in [-0.2, -0.15) is 11.3 Å². The molecule has 5 heteroatoms. The summed E-state index contributed by atoms with van der Waals surface area (Å²) in [7, 11) is 0. The lowest BCUT2D eigenvalue weighted by molar-refractivity contribution is 0.0947. The van der Waals surface area contributed by atoms with Gasteiger partial charge in [-0.15, -0.1) is 11.8 Å². The molecule has 26 heavy (non-hydrogen) atoms. The first-order valence-corrected chi connectivity index (χ1v) is 11.4. The van der Waals surface area contributed by atoms with Crippen molar-refractivity contribution in [1.29, 1.82) is 0 Å². The summed E-state index contributed by atoms with van der Waals surface area (Å²) in [6.45, 7) is 6.58. The van der Waals surface area contributed by atoms with Gasteiger partial charge in [-0.05, 0) is 79.3 Å². The summed E-state index contributed by atoms with van der Waals surface area (Å²) in [5, 5.41) is 7.36. The summed E-state index contributed by atoms with van der Waals surface area (Å²) < 4.78 is 0. The molecular weight excluding hydrogens is 360 g/mol. The van der Waals surface area contributed by atoms with Gasteiger partial charge in [0.1, 0.15) is 0 Å². The lowest BCUT2D eigenvalue weighted by Gasteiger charge is -2.30. The van der Waals surface area contributed by atoms with Crippen LogP contribution in [-0.4, -0.2) is 37.0 Å². The molecule has 1 aliphatic rings. The Kier molecular flexibility index (Phi) is 7.59. The second-order valence-electron chi connectivity index (χ2n) is 7.05. The Labute approximate surface area is 165 Å². The average Bonchev–Trinajstić information content (AvgIpc) is 3.19. The molecule has 140 valence electrons. The van der Waals surface area contributed by atoms with E-state index in [0.717, 1.165) is 41.6 Å². The normalized spacial score (nSPS) is 15.9. The van der Waals surface area contributed by atoms with Crippen molar-refractivity contribution in [3.63, 3.8) is 0 Å². The van der Waals surface area contributed by atoms with Crippen molar-refractivity contribution >= 4 is 29.0 Å². The third-order valence-corrected chi connectivity index (χ3v) is 6.80. The van der Waals surface area contributed by atoms with Gasteiger partial charge in [-0.25, -0.2) is 0 Å². The first kappa shape index (κ1) is 19.5. The van der Waals surface area contributed by atoms with Crippen molar-refractivity contribution in [2.75, 3.05) is 26.2 Å². The quantitative estimate of drug-likeness (QED) is 0.516. The Bertz CT molecular complexity index is 679. The second kappa shape index (κ2) is 10.1. The van der Waals surface area contributed by atoms with E-state index in [9.17, 15) is 4.79 Å². The highest BCUT2D eigenvalue weighted by atomic mass is 32.2. The molecule has 3 rings (SSSR count). The third kappa shape index (κ3) is 5.86. The lowest BCUT2D eigenvalue weighted by Crippen LogP contribution is -2.35. The number of carbonyl (C=O) groups excluding carboxylic acids is 1. The van der Waals surface area contributed by atoms with Crippen molar-refractivity contribution < 1.29 is 4.79 Å². The van der Waals surface area contributed by atoms with Crippen molar-refractivity contribution in [2.45, 2.75) is 36.8 Å². The second-order valence-corrected chi connectivity index (χ2v) is 8.85. The molecule has 1 aromatic heterocycles. The fourth-order valence-electron chi connectivity index (χ4n) is 3.20. The summed E-state index contributed by atoms with van der Waals surface area (Å²) in [5.41, 5.74) is 2.10. The molecule has 1 aliphatic heterocycles. The highest BCUT2D eigenvalue weighted by Crippen LogP contribution is 2.27. The fraction of sp³-hybridized carbons (Fsp3) is 0.476. The average molecular weight is 389 g/mol. The van der Waals surface area contributed by atoms with Crippen molar-refractivity contribution in [3.8, 4) is 0 Å². The van der Waals surface area contributed by atoms with Crippen LogP contribution >= 0.6 is 23.1 Å². The highest BCUT2D eigenvalue weighted by molar-refractivity contribution is 7.98. The zero-order valence-electron chi connectivity index (χ0n) is 15.4. The summed E-state index contributed by atoms with van der Waals surface area (Å²) in [6.07, 6.45) is 3.63. The molecule has 0 aliphatic carbocycles. The molecule has 0 spiro atoms. The molecule has 3 nitrogen and oxygen atoms in total. The minimum Gasteiger partial charge on any atom is -0.352 e. The number of piperidine rings is 1. The van der Waals surface area contributed by atoms with E-state index in [2.05, 4.69) is 34.0 Å².